The second kappa shape index (κ2) is 6.10. The second-order valence-corrected chi connectivity index (χ2v) is 5.60. The van der Waals surface area contributed by atoms with Crippen LogP contribution in [-0.2, 0) is 0 Å². The van der Waals surface area contributed by atoms with E-state index in [2.05, 4.69) is 50.5 Å². The zero-order valence-corrected chi connectivity index (χ0v) is 12.4. The molecule has 0 aliphatic heterocycles. The summed E-state index contributed by atoms with van der Waals surface area (Å²) >= 11 is 0. The molecule has 0 amide bonds. The van der Waals surface area contributed by atoms with Gasteiger partial charge in [0.2, 0.25) is 0 Å². The van der Waals surface area contributed by atoms with Gasteiger partial charge in [0.25, 0.3) is 0 Å². The molecular weight excluding hydrogens is 224 g/mol. The number of benzene rings is 1. The molecule has 0 saturated carbocycles. The summed E-state index contributed by atoms with van der Waals surface area (Å²) in [7, 11) is 3.68. The van der Waals surface area contributed by atoms with E-state index in [0.717, 1.165) is 18.0 Å². The molecule has 0 atom stereocenters. The summed E-state index contributed by atoms with van der Waals surface area (Å²) < 4.78 is 5.40. The fourth-order valence-corrected chi connectivity index (χ4v) is 1.63. The Labute approximate surface area is 111 Å². The van der Waals surface area contributed by atoms with Crippen LogP contribution in [0, 0.1) is 0 Å². The minimum atomic E-state index is 0.0544. The first-order valence-electron chi connectivity index (χ1n) is 6.50. The maximum atomic E-state index is 5.40. The van der Waals surface area contributed by atoms with Crippen molar-refractivity contribution in [1.82, 2.24) is 5.32 Å². The lowest BCUT2D eigenvalue weighted by Crippen LogP contribution is -2.42. The number of likely N-dealkylation sites (N-methyl/N-ethyl adjacent to an activating group) is 1. The topological polar surface area (TPSA) is 33.3 Å². The normalized spacial score (nSPS) is 11.7. The van der Waals surface area contributed by atoms with Gasteiger partial charge in [0.15, 0.2) is 0 Å². The molecule has 0 saturated heterocycles. The predicted octanol–water partition coefficient (Wildman–Crippen LogP) is 3.23. The number of hydrogen-bond acceptors (Lipinski definition) is 3. The van der Waals surface area contributed by atoms with E-state index in [9.17, 15) is 0 Å². The zero-order chi connectivity index (χ0) is 13.8. The summed E-state index contributed by atoms with van der Waals surface area (Å²) in [5.74, 6) is 1.42. The van der Waals surface area contributed by atoms with E-state index in [-0.39, 0.29) is 5.54 Å². The van der Waals surface area contributed by atoms with E-state index in [1.54, 1.807) is 7.11 Å². The van der Waals surface area contributed by atoms with Crippen molar-refractivity contribution in [2.75, 3.05) is 26.0 Å². The Balaban J connectivity index is 2.88. The quantitative estimate of drug-likeness (QED) is 0.813. The van der Waals surface area contributed by atoms with Crippen molar-refractivity contribution >= 4 is 5.69 Å². The van der Waals surface area contributed by atoms with Gasteiger partial charge in [-0.1, -0.05) is 19.9 Å². The summed E-state index contributed by atoms with van der Waals surface area (Å²) in [4.78, 5) is 0. The van der Waals surface area contributed by atoms with E-state index < -0.39 is 0 Å². The van der Waals surface area contributed by atoms with Crippen molar-refractivity contribution in [2.45, 2.75) is 39.2 Å². The average Bonchev–Trinajstić information content (AvgIpc) is 2.36. The van der Waals surface area contributed by atoms with Crippen LogP contribution in [-0.4, -0.2) is 26.2 Å². The van der Waals surface area contributed by atoms with Crippen LogP contribution in [0.25, 0.3) is 0 Å². The molecule has 1 aromatic rings. The van der Waals surface area contributed by atoms with Gasteiger partial charge in [0, 0.05) is 12.1 Å². The second-order valence-electron chi connectivity index (χ2n) is 5.60. The minimum Gasteiger partial charge on any atom is -0.495 e. The first-order chi connectivity index (χ1) is 8.39. The van der Waals surface area contributed by atoms with Crippen molar-refractivity contribution in [2.24, 2.45) is 0 Å². The molecule has 0 aromatic heterocycles. The molecule has 0 unspecified atom stereocenters. The molecular formula is C15H26N2O. The summed E-state index contributed by atoms with van der Waals surface area (Å²) in [5.41, 5.74) is 2.44. The molecule has 1 aromatic carbocycles. The number of anilines is 1. The molecule has 2 N–H and O–H groups in total. The lowest BCUT2D eigenvalue weighted by molar-refractivity contribution is 0.413. The first kappa shape index (κ1) is 14.8. The molecule has 102 valence electrons. The van der Waals surface area contributed by atoms with Gasteiger partial charge in [-0.05, 0) is 44.5 Å². The van der Waals surface area contributed by atoms with Gasteiger partial charge in [-0.3, -0.25) is 0 Å². The van der Waals surface area contributed by atoms with E-state index in [0.29, 0.717) is 5.92 Å². The largest absolute Gasteiger partial charge is 0.495 e. The molecule has 0 heterocycles. The first-order valence-corrected chi connectivity index (χ1v) is 6.50. The van der Waals surface area contributed by atoms with Crippen molar-refractivity contribution in [3.05, 3.63) is 23.8 Å². The van der Waals surface area contributed by atoms with E-state index in [4.69, 9.17) is 4.74 Å². The summed E-state index contributed by atoms with van der Waals surface area (Å²) in [6, 6.07) is 6.33. The van der Waals surface area contributed by atoms with Crippen LogP contribution in [0.4, 0.5) is 5.69 Å². The van der Waals surface area contributed by atoms with Crippen molar-refractivity contribution in [3.63, 3.8) is 0 Å². The SMILES string of the molecule is CNC(C)(C)CNc1cc(C(C)C)ccc1OC. The molecule has 18 heavy (non-hydrogen) atoms. The lowest BCUT2D eigenvalue weighted by atomic mass is 10.0. The van der Waals surface area contributed by atoms with E-state index in [1.165, 1.54) is 5.56 Å². The summed E-state index contributed by atoms with van der Waals surface area (Å²) in [6.45, 7) is 9.57. The Morgan fingerprint density at radius 3 is 2.44 bits per heavy atom. The lowest BCUT2D eigenvalue weighted by Gasteiger charge is -2.25. The van der Waals surface area contributed by atoms with Crippen LogP contribution in [0.2, 0.25) is 0 Å². The molecule has 0 aliphatic carbocycles. The summed E-state index contributed by atoms with van der Waals surface area (Å²) in [6.07, 6.45) is 0. The fraction of sp³-hybridized carbons (Fsp3) is 0.600. The predicted molar refractivity (Wildman–Crippen MR) is 78.7 cm³/mol. The molecule has 0 aliphatic rings. The number of rotatable bonds is 6. The van der Waals surface area contributed by atoms with Crippen LogP contribution in [0.5, 0.6) is 5.75 Å². The van der Waals surface area contributed by atoms with Crippen LogP contribution in [0.1, 0.15) is 39.2 Å². The van der Waals surface area contributed by atoms with Crippen molar-refractivity contribution in [3.8, 4) is 5.75 Å². The molecule has 0 radical (unpaired) electrons. The summed E-state index contributed by atoms with van der Waals surface area (Å²) in [5, 5.41) is 6.75. The van der Waals surface area contributed by atoms with Gasteiger partial charge in [-0.25, -0.2) is 0 Å². The monoisotopic (exact) mass is 250 g/mol. The van der Waals surface area contributed by atoms with Crippen LogP contribution in [0.3, 0.4) is 0 Å². The maximum absolute atomic E-state index is 5.40. The van der Waals surface area contributed by atoms with Gasteiger partial charge in [0.1, 0.15) is 5.75 Å². The van der Waals surface area contributed by atoms with E-state index >= 15 is 0 Å². The van der Waals surface area contributed by atoms with Gasteiger partial charge in [0.05, 0.1) is 12.8 Å². The van der Waals surface area contributed by atoms with Crippen LogP contribution < -0.4 is 15.4 Å². The number of methoxy groups -OCH3 is 1. The maximum Gasteiger partial charge on any atom is 0.141 e. The average molecular weight is 250 g/mol. The Kier molecular flexibility index (Phi) is 5.03. The standard InChI is InChI=1S/C15H26N2O/c1-11(2)12-7-8-14(18-6)13(9-12)17-10-15(3,4)16-5/h7-9,11,16-17H,10H2,1-6H3. The molecule has 0 spiro atoms. The van der Waals surface area contributed by atoms with Gasteiger partial charge in [-0.15, -0.1) is 0 Å². The Hall–Kier alpha value is -1.22. The third-order valence-corrected chi connectivity index (χ3v) is 3.29. The molecule has 0 bridgehead atoms. The van der Waals surface area contributed by atoms with Crippen LogP contribution >= 0.6 is 0 Å². The number of hydrogen-bond donors (Lipinski definition) is 2. The van der Waals surface area contributed by atoms with Gasteiger partial charge >= 0.3 is 0 Å². The molecule has 0 fully saturated rings. The highest BCUT2D eigenvalue weighted by Crippen LogP contribution is 2.28. The van der Waals surface area contributed by atoms with E-state index in [1.807, 2.05) is 13.1 Å². The van der Waals surface area contributed by atoms with Crippen molar-refractivity contribution < 1.29 is 4.74 Å². The van der Waals surface area contributed by atoms with Gasteiger partial charge < -0.3 is 15.4 Å². The fourth-order valence-electron chi connectivity index (χ4n) is 1.63. The Morgan fingerprint density at radius 2 is 1.94 bits per heavy atom. The highest BCUT2D eigenvalue weighted by molar-refractivity contribution is 5.58. The third kappa shape index (κ3) is 3.91. The minimum absolute atomic E-state index is 0.0544. The highest BCUT2D eigenvalue weighted by atomic mass is 16.5. The highest BCUT2D eigenvalue weighted by Gasteiger charge is 2.15. The van der Waals surface area contributed by atoms with Crippen molar-refractivity contribution in [1.29, 1.82) is 0 Å². The zero-order valence-electron chi connectivity index (χ0n) is 12.4. The third-order valence-electron chi connectivity index (χ3n) is 3.29. The Morgan fingerprint density at radius 1 is 1.28 bits per heavy atom. The van der Waals surface area contributed by atoms with Crippen LogP contribution in [0.15, 0.2) is 18.2 Å². The number of ether oxygens (including phenoxy) is 1. The van der Waals surface area contributed by atoms with Gasteiger partial charge in [-0.2, -0.15) is 0 Å². The molecule has 3 heteroatoms. The number of nitrogens with one attached hydrogen (secondary N) is 2. The Bertz CT molecular complexity index is 386. The molecule has 1 rings (SSSR count). The molecule has 3 nitrogen and oxygen atoms in total. The smallest absolute Gasteiger partial charge is 0.141 e.